The van der Waals surface area contributed by atoms with Gasteiger partial charge < -0.3 is 28.1 Å². The van der Waals surface area contributed by atoms with Gasteiger partial charge in [0.15, 0.2) is 0 Å². The highest BCUT2D eigenvalue weighted by Crippen LogP contribution is 2.18. The number of carbonyl (C=O) groups is 2. The first-order valence-corrected chi connectivity index (χ1v) is 10.5. The SMILES string of the molecule is C=C(C)C(=O)OCCNC(=O)OCCC[Si](OCC)(OCC)OCC. The minimum Gasteiger partial charge on any atom is -0.460 e. The zero-order valence-electron chi connectivity index (χ0n) is 15.7. The molecule has 0 unspecified atom stereocenters. The van der Waals surface area contributed by atoms with E-state index in [9.17, 15) is 9.59 Å². The monoisotopic (exact) mass is 377 g/mol. The van der Waals surface area contributed by atoms with Crippen LogP contribution in [0.3, 0.4) is 0 Å². The summed E-state index contributed by atoms with van der Waals surface area (Å²) < 4.78 is 27.1. The largest absolute Gasteiger partial charge is 0.501 e. The third-order valence-corrected chi connectivity index (χ3v) is 6.06. The van der Waals surface area contributed by atoms with Crippen LogP contribution in [0.25, 0.3) is 0 Å². The standard InChI is InChI=1S/C16H31NO7Si/c1-6-22-25(23-7-2,24-8-3)13-9-11-21-16(19)17-10-12-20-15(18)14(4)5/h4,6-13H2,1-3,5H3,(H,17,19). The maximum absolute atomic E-state index is 11.5. The molecule has 0 spiro atoms. The van der Waals surface area contributed by atoms with Gasteiger partial charge in [-0.05, 0) is 34.1 Å². The second kappa shape index (κ2) is 13.8. The lowest BCUT2D eigenvalue weighted by atomic mass is 10.4. The molecule has 9 heteroatoms. The van der Waals surface area contributed by atoms with Crippen molar-refractivity contribution >= 4 is 20.9 Å². The number of hydrogen-bond donors (Lipinski definition) is 1. The van der Waals surface area contributed by atoms with Gasteiger partial charge in [-0.25, -0.2) is 9.59 Å². The second-order valence-electron chi connectivity index (χ2n) is 5.06. The molecule has 8 nitrogen and oxygen atoms in total. The Balaban J connectivity index is 4.01. The number of alkyl carbamates (subject to hydrolysis) is 1. The lowest BCUT2D eigenvalue weighted by molar-refractivity contribution is -0.138. The highest BCUT2D eigenvalue weighted by molar-refractivity contribution is 6.60. The van der Waals surface area contributed by atoms with Gasteiger partial charge >= 0.3 is 20.9 Å². The van der Waals surface area contributed by atoms with E-state index in [0.29, 0.717) is 37.9 Å². The second-order valence-corrected chi connectivity index (χ2v) is 7.80. The van der Waals surface area contributed by atoms with Gasteiger partial charge in [-0.3, -0.25) is 0 Å². The summed E-state index contributed by atoms with van der Waals surface area (Å²) in [6.45, 7) is 12.7. The predicted molar refractivity (Wildman–Crippen MR) is 95.2 cm³/mol. The Kier molecular flexibility index (Phi) is 13.0. The summed E-state index contributed by atoms with van der Waals surface area (Å²) in [5.74, 6) is -0.487. The van der Waals surface area contributed by atoms with Crippen LogP contribution in [0.1, 0.15) is 34.1 Å². The van der Waals surface area contributed by atoms with Crippen LogP contribution in [0, 0.1) is 0 Å². The van der Waals surface area contributed by atoms with Crippen molar-refractivity contribution in [3.63, 3.8) is 0 Å². The molecule has 0 rings (SSSR count). The van der Waals surface area contributed by atoms with Gasteiger partial charge in [0.05, 0.1) is 13.2 Å². The van der Waals surface area contributed by atoms with Crippen molar-refractivity contribution in [1.29, 1.82) is 0 Å². The molecule has 0 aromatic heterocycles. The number of rotatable bonds is 14. The molecule has 0 aliphatic carbocycles. The lowest BCUT2D eigenvalue weighted by Crippen LogP contribution is -2.46. The van der Waals surface area contributed by atoms with E-state index in [2.05, 4.69) is 11.9 Å². The Morgan fingerprint density at radius 2 is 1.52 bits per heavy atom. The Labute approximate surface area is 151 Å². The van der Waals surface area contributed by atoms with E-state index in [4.69, 9.17) is 22.8 Å². The molecule has 0 radical (unpaired) electrons. The molecule has 0 saturated heterocycles. The Morgan fingerprint density at radius 3 is 2.00 bits per heavy atom. The van der Waals surface area contributed by atoms with Gasteiger partial charge in [-0.2, -0.15) is 0 Å². The Bertz CT molecular complexity index is 400. The van der Waals surface area contributed by atoms with Crippen molar-refractivity contribution in [3.05, 3.63) is 12.2 Å². The number of esters is 1. The lowest BCUT2D eigenvalue weighted by Gasteiger charge is -2.28. The van der Waals surface area contributed by atoms with Crippen molar-refractivity contribution in [2.24, 2.45) is 0 Å². The molecular formula is C16H31NO7Si. The fraction of sp³-hybridized carbons (Fsp3) is 0.750. The number of nitrogens with one attached hydrogen (secondary N) is 1. The summed E-state index contributed by atoms with van der Waals surface area (Å²) in [6, 6.07) is 0.575. The fourth-order valence-electron chi connectivity index (χ4n) is 1.93. The number of carbonyl (C=O) groups excluding carboxylic acids is 2. The van der Waals surface area contributed by atoms with Crippen molar-refractivity contribution in [3.8, 4) is 0 Å². The molecule has 25 heavy (non-hydrogen) atoms. The quantitative estimate of drug-likeness (QED) is 0.215. The van der Waals surface area contributed by atoms with Crippen LogP contribution in [0.15, 0.2) is 12.2 Å². The summed E-state index contributed by atoms with van der Waals surface area (Å²) in [5, 5.41) is 2.50. The van der Waals surface area contributed by atoms with E-state index >= 15 is 0 Å². The normalized spacial score (nSPS) is 11.0. The zero-order valence-corrected chi connectivity index (χ0v) is 16.7. The van der Waals surface area contributed by atoms with Crippen LogP contribution >= 0.6 is 0 Å². The maximum Gasteiger partial charge on any atom is 0.501 e. The van der Waals surface area contributed by atoms with E-state index in [1.807, 2.05) is 20.8 Å². The smallest absolute Gasteiger partial charge is 0.460 e. The Morgan fingerprint density at radius 1 is 0.960 bits per heavy atom. The van der Waals surface area contributed by atoms with Gasteiger partial charge in [-0.15, -0.1) is 0 Å². The average Bonchev–Trinajstić information content (AvgIpc) is 2.56. The molecule has 0 aromatic rings. The Hall–Kier alpha value is -1.42. The van der Waals surface area contributed by atoms with E-state index in [-0.39, 0.29) is 19.8 Å². The van der Waals surface area contributed by atoms with E-state index in [0.717, 1.165) is 0 Å². The van der Waals surface area contributed by atoms with Crippen LogP contribution in [0.5, 0.6) is 0 Å². The van der Waals surface area contributed by atoms with Crippen LogP contribution in [0.4, 0.5) is 4.79 Å². The minimum absolute atomic E-state index is 0.0653. The maximum atomic E-state index is 11.5. The average molecular weight is 378 g/mol. The molecule has 0 saturated carbocycles. The molecule has 146 valence electrons. The summed E-state index contributed by atoms with van der Waals surface area (Å²) in [5.41, 5.74) is 0.313. The van der Waals surface area contributed by atoms with E-state index in [1.54, 1.807) is 6.92 Å². The summed E-state index contributed by atoms with van der Waals surface area (Å²) >= 11 is 0. The van der Waals surface area contributed by atoms with Gasteiger partial charge in [-0.1, -0.05) is 6.58 Å². The number of hydrogen-bond acceptors (Lipinski definition) is 7. The van der Waals surface area contributed by atoms with Gasteiger partial charge in [0.2, 0.25) is 0 Å². The molecule has 0 aliphatic rings. The molecule has 1 amide bonds. The summed E-state index contributed by atoms with van der Waals surface area (Å²) in [7, 11) is -2.70. The molecule has 0 heterocycles. The molecule has 1 N–H and O–H groups in total. The van der Waals surface area contributed by atoms with Crippen LogP contribution in [-0.4, -0.2) is 60.4 Å². The summed E-state index contributed by atoms with van der Waals surface area (Å²) in [4.78, 5) is 22.7. The summed E-state index contributed by atoms with van der Waals surface area (Å²) in [6.07, 6.45) is 0.00691. The van der Waals surface area contributed by atoms with Crippen molar-refractivity contribution in [2.75, 3.05) is 39.6 Å². The first kappa shape index (κ1) is 23.6. The molecule has 0 fully saturated rings. The van der Waals surface area contributed by atoms with Gasteiger partial charge in [0, 0.05) is 31.4 Å². The van der Waals surface area contributed by atoms with Gasteiger partial charge in [0.25, 0.3) is 0 Å². The third-order valence-electron chi connectivity index (χ3n) is 2.91. The van der Waals surface area contributed by atoms with Crippen LogP contribution in [0.2, 0.25) is 6.04 Å². The van der Waals surface area contributed by atoms with Crippen LogP contribution < -0.4 is 5.32 Å². The van der Waals surface area contributed by atoms with Crippen LogP contribution in [-0.2, 0) is 27.5 Å². The zero-order chi connectivity index (χ0) is 19.1. The molecule has 0 bridgehead atoms. The number of amides is 1. The third kappa shape index (κ3) is 10.9. The topological polar surface area (TPSA) is 92.3 Å². The predicted octanol–water partition coefficient (Wildman–Crippen LogP) is 2.27. The van der Waals surface area contributed by atoms with E-state index < -0.39 is 20.9 Å². The van der Waals surface area contributed by atoms with Gasteiger partial charge in [0.1, 0.15) is 6.61 Å². The number of ether oxygens (including phenoxy) is 2. The van der Waals surface area contributed by atoms with Crippen molar-refractivity contribution < 1.29 is 32.3 Å². The molecule has 0 atom stereocenters. The molecule has 0 aromatic carbocycles. The molecule has 0 aliphatic heterocycles. The minimum atomic E-state index is -2.70. The highest BCUT2D eigenvalue weighted by atomic mass is 28.4. The first-order chi connectivity index (χ1) is 11.9. The van der Waals surface area contributed by atoms with Crippen molar-refractivity contribution in [1.82, 2.24) is 5.32 Å². The van der Waals surface area contributed by atoms with Crippen molar-refractivity contribution in [2.45, 2.75) is 40.2 Å². The fourth-order valence-corrected chi connectivity index (χ4v) is 4.51. The van der Waals surface area contributed by atoms with E-state index in [1.165, 1.54) is 0 Å². The first-order valence-electron chi connectivity index (χ1n) is 8.55. The molecular weight excluding hydrogens is 346 g/mol. The highest BCUT2D eigenvalue weighted by Gasteiger charge is 2.39.